The predicted octanol–water partition coefficient (Wildman–Crippen LogP) is 3.89. The number of alkyl halides is 5. The van der Waals surface area contributed by atoms with Gasteiger partial charge in [-0.15, -0.1) is 0 Å². The maximum Gasteiger partial charge on any atom is 0.456 e. The fraction of sp³-hybridized carbons (Fsp3) is 0.368. The summed E-state index contributed by atoms with van der Waals surface area (Å²) in [6.07, 6.45) is -3.01. The third-order valence-corrected chi connectivity index (χ3v) is 4.03. The molecule has 2 N–H and O–H groups in total. The lowest BCUT2D eigenvalue weighted by molar-refractivity contribution is -0.290. The first-order valence-corrected chi connectivity index (χ1v) is 9.03. The Bertz CT molecular complexity index is 920. The number of pyridine rings is 2. The summed E-state index contributed by atoms with van der Waals surface area (Å²) in [4.78, 5) is 31.4. The van der Waals surface area contributed by atoms with Crippen molar-refractivity contribution in [2.24, 2.45) is 0 Å². The first-order chi connectivity index (χ1) is 14.4. The maximum atomic E-state index is 12.9. The van der Waals surface area contributed by atoms with E-state index < -0.39 is 36.5 Å². The van der Waals surface area contributed by atoms with Crippen molar-refractivity contribution in [1.82, 2.24) is 15.3 Å². The van der Waals surface area contributed by atoms with Gasteiger partial charge >= 0.3 is 12.1 Å². The SMILES string of the molecule is CCC(=O)Nc1cc(C(C)NC(=O)c2ccc(OCC(F)(F)C(F)(F)F)nc2)ccn1. The number of hydrogen-bond acceptors (Lipinski definition) is 5. The Morgan fingerprint density at radius 1 is 1.13 bits per heavy atom. The number of anilines is 1. The summed E-state index contributed by atoms with van der Waals surface area (Å²) < 4.78 is 66.6. The molecule has 12 heteroatoms. The number of rotatable bonds is 8. The molecule has 0 saturated heterocycles. The van der Waals surface area contributed by atoms with Gasteiger partial charge in [0.2, 0.25) is 11.8 Å². The number of nitrogens with zero attached hydrogens (tertiary/aromatic N) is 2. The second kappa shape index (κ2) is 9.67. The lowest BCUT2D eigenvalue weighted by Crippen LogP contribution is -2.41. The Morgan fingerprint density at radius 3 is 2.42 bits per heavy atom. The molecule has 0 aliphatic rings. The second-order valence-corrected chi connectivity index (χ2v) is 6.45. The van der Waals surface area contributed by atoms with Crippen LogP contribution >= 0.6 is 0 Å². The summed E-state index contributed by atoms with van der Waals surface area (Å²) in [6.45, 7) is 1.45. The van der Waals surface area contributed by atoms with Gasteiger partial charge in [0.15, 0.2) is 6.61 Å². The highest BCUT2D eigenvalue weighted by atomic mass is 19.4. The van der Waals surface area contributed by atoms with Gasteiger partial charge < -0.3 is 15.4 Å². The zero-order chi connectivity index (χ0) is 23.2. The van der Waals surface area contributed by atoms with Gasteiger partial charge in [-0.2, -0.15) is 22.0 Å². The average Bonchev–Trinajstić information content (AvgIpc) is 2.71. The molecule has 2 amide bonds. The summed E-state index contributed by atoms with van der Waals surface area (Å²) in [5.74, 6) is -5.98. The van der Waals surface area contributed by atoms with Crippen LogP contribution in [0.15, 0.2) is 36.7 Å². The van der Waals surface area contributed by atoms with Gasteiger partial charge in [-0.25, -0.2) is 9.97 Å². The Balaban J connectivity index is 1.98. The number of carbonyl (C=O) groups is 2. The van der Waals surface area contributed by atoms with E-state index in [1.54, 1.807) is 26.0 Å². The zero-order valence-corrected chi connectivity index (χ0v) is 16.5. The van der Waals surface area contributed by atoms with Crippen LogP contribution in [0.1, 0.15) is 42.2 Å². The molecule has 1 unspecified atom stereocenters. The van der Waals surface area contributed by atoms with Gasteiger partial charge in [0.05, 0.1) is 11.6 Å². The van der Waals surface area contributed by atoms with E-state index in [1.807, 2.05) is 0 Å². The van der Waals surface area contributed by atoms with Crippen LogP contribution in [-0.2, 0) is 4.79 Å². The van der Waals surface area contributed by atoms with E-state index in [2.05, 4.69) is 25.3 Å². The molecule has 1 atom stereocenters. The molecule has 2 aromatic rings. The minimum absolute atomic E-state index is 0.0374. The Kier molecular flexibility index (Phi) is 7.47. The molecular formula is C19H19F5N4O3. The van der Waals surface area contributed by atoms with Crippen LogP contribution < -0.4 is 15.4 Å². The van der Waals surface area contributed by atoms with E-state index >= 15 is 0 Å². The number of carbonyl (C=O) groups excluding carboxylic acids is 2. The molecule has 2 rings (SSSR count). The number of amides is 2. The minimum Gasteiger partial charge on any atom is -0.471 e. The first-order valence-electron chi connectivity index (χ1n) is 9.03. The van der Waals surface area contributed by atoms with Crippen LogP contribution in [0.25, 0.3) is 0 Å². The van der Waals surface area contributed by atoms with Gasteiger partial charge in [-0.1, -0.05) is 6.92 Å². The van der Waals surface area contributed by atoms with E-state index in [0.717, 1.165) is 12.3 Å². The highest BCUT2D eigenvalue weighted by Crippen LogP contribution is 2.35. The average molecular weight is 446 g/mol. The third kappa shape index (κ3) is 6.59. The van der Waals surface area contributed by atoms with Crippen molar-refractivity contribution in [3.05, 3.63) is 47.8 Å². The van der Waals surface area contributed by atoms with Crippen LogP contribution in [0.3, 0.4) is 0 Å². The molecule has 31 heavy (non-hydrogen) atoms. The largest absolute Gasteiger partial charge is 0.471 e. The lowest BCUT2D eigenvalue weighted by Gasteiger charge is -2.19. The van der Waals surface area contributed by atoms with E-state index in [9.17, 15) is 31.5 Å². The van der Waals surface area contributed by atoms with Gasteiger partial charge in [-0.05, 0) is 30.7 Å². The smallest absolute Gasteiger partial charge is 0.456 e. The first kappa shape index (κ1) is 24.0. The van der Waals surface area contributed by atoms with Crippen molar-refractivity contribution < 1.29 is 36.3 Å². The van der Waals surface area contributed by atoms with Crippen molar-refractivity contribution >= 4 is 17.6 Å². The maximum absolute atomic E-state index is 12.9. The number of hydrogen-bond donors (Lipinski definition) is 2. The summed E-state index contributed by atoms with van der Waals surface area (Å²) >= 11 is 0. The molecule has 0 radical (unpaired) electrons. The number of halogens is 5. The monoisotopic (exact) mass is 446 g/mol. The van der Waals surface area contributed by atoms with Crippen LogP contribution in [0.4, 0.5) is 27.8 Å². The van der Waals surface area contributed by atoms with Crippen LogP contribution in [-0.4, -0.2) is 40.5 Å². The van der Waals surface area contributed by atoms with Gasteiger partial charge in [-0.3, -0.25) is 9.59 Å². The Hall–Kier alpha value is -3.31. The molecule has 0 spiro atoms. The highest BCUT2D eigenvalue weighted by Gasteiger charge is 2.58. The van der Waals surface area contributed by atoms with Crippen LogP contribution in [0.5, 0.6) is 5.88 Å². The molecule has 0 bridgehead atoms. The van der Waals surface area contributed by atoms with E-state index in [1.165, 1.54) is 12.3 Å². The molecule has 0 aliphatic heterocycles. The lowest BCUT2D eigenvalue weighted by atomic mass is 10.1. The fourth-order valence-electron chi connectivity index (χ4n) is 2.23. The number of aromatic nitrogens is 2. The third-order valence-electron chi connectivity index (χ3n) is 4.03. The van der Waals surface area contributed by atoms with Crippen LogP contribution in [0.2, 0.25) is 0 Å². The predicted molar refractivity (Wildman–Crippen MR) is 99.8 cm³/mol. The number of ether oxygens (including phenoxy) is 1. The van der Waals surface area contributed by atoms with Gasteiger partial charge in [0.25, 0.3) is 5.91 Å². The fourth-order valence-corrected chi connectivity index (χ4v) is 2.23. The van der Waals surface area contributed by atoms with Gasteiger partial charge in [0.1, 0.15) is 5.82 Å². The Morgan fingerprint density at radius 2 is 1.84 bits per heavy atom. The number of nitrogens with one attached hydrogen (secondary N) is 2. The van der Waals surface area contributed by atoms with Crippen molar-refractivity contribution in [1.29, 1.82) is 0 Å². The Labute approximate surface area is 174 Å². The summed E-state index contributed by atoms with van der Waals surface area (Å²) in [5.41, 5.74) is 0.687. The molecular weight excluding hydrogens is 427 g/mol. The molecule has 0 aliphatic carbocycles. The zero-order valence-electron chi connectivity index (χ0n) is 16.5. The van der Waals surface area contributed by atoms with Gasteiger partial charge in [0, 0.05) is 24.9 Å². The van der Waals surface area contributed by atoms with Crippen LogP contribution in [0, 0.1) is 0 Å². The molecule has 0 saturated carbocycles. The van der Waals surface area contributed by atoms with E-state index in [4.69, 9.17) is 0 Å². The molecule has 2 aromatic heterocycles. The molecule has 0 fully saturated rings. The molecule has 0 aromatic carbocycles. The van der Waals surface area contributed by atoms with Crippen molar-refractivity contribution in [2.75, 3.05) is 11.9 Å². The molecule has 2 heterocycles. The van der Waals surface area contributed by atoms with Crippen molar-refractivity contribution in [2.45, 2.75) is 38.4 Å². The summed E-state index contributed by atoms with van der Waals surface area (Å²) in [6, 6.07) is 4.93. The topological polar surface area (TPSA) is 93.2 Å². The van der Waals surface area contributed by atoms with E-state index in [-0.39, 0.29) is 17.9 Å². The molecule has 168 valence electrons. The van der Waals surface area contributed by atoms with Crippen molar-refractivity contribution in [3.8, 4) is 5.88 Å². The standard InChI is InChI=1S/C19H19F5N4O3/c1-3-15(29)28-14-8-12(6-7-25-14)11(2)27-17(30)13-4-5-16(26-9-13)31-10-18(20,21)19(22,23)24/h4-9,11H,3,10H2,1-2H3,(H,27,30)(H,25,28,29). The van der Waals surface area contributed by atoms with Crippen molar-refractivity contribution in [3.63, 3.8) is 0 Å². The minimum atomic E-state index is -5.74. The van der Waals surface area contributed by atoms with E-state index in [0.29, 0.717) is 11.4 Å². The summed E-state index contributed by atoms with van der Waals surface area (Å²) in [5, 5.41) is 5.27. The summed E-state index contributed by atoms with van der Waals surface area (Å²) in [7, 11) is 0. The quantitative estimate of drug-likeness (QED) is 0.600. The molecule has 7 nitrogen and oxygen atoms in total. The second-order valence-electron chi connectivity index (χ2n) is 6.45. The normalized spacial score (nSPS) is 12.7. The highest BCUT2D eigenvalue weighted by molar-refractivity contribution is 5.94.